The van der Waals surface area contributed by atoms with Crippen LogP contribution in [-0.4, -0.2) is 24.3 Å². The van der Waals surface area contributed by atoms with Gasteiger partial charge in [0.15, 0.2) is 12.4 Å². The summed E-state index contributed by atoms with van der Waals surface area (Å²) in [5, 5.41) is 2.66. The number of esters is 1. The molecule has 5 nitrogen and oxygen atoms in total. The van der Waals surface area contributed by atoms with E-state index < -0.39 is 5.97 Å². The Kier molecular flexibility index (Phi) is 6.19. The molecule has 0 unspecified atom stereocenters. The molecule has 1 amide bonds. The molecule has 0 aliphatic rings. The van der Waals surface area contributed by atoms with Crippen LogP contribution in [0.25, 0.3) is 11.1 Å². The maximum Gasteiger partial charge on any atom is 0.338 e. The molecule has 29 heavy (non-hydrogen) atoms. The molecule has 1 N–H and O–H groups in total. The van der Waals surface area contributed by atoms with Crippen LogP contribution in [0.15, 0.2) is 72.8 Å². The zero-order valence-corrected chi connectivity index (χ0v) is 16.3. The van der Waals surface area contributed by atoms with E-state index in [1.165, 1.54) is 13.0 Å². The Morgan fingerprint density at radius 1 is 0.828 bits per heavy atom. The lowest BCUT2D eigenvalue weighted by Gasteiger charge is -2.09. The summed E-state index contributed by atoms with van der Waals surface area (Å²) in [4.78, 5) is 35.9. The zero-order chi connectivity index (χ0) is 20.8. The minimum Gasteiger partial charge on any atom is -0.454 e. The molecule has 5 heteroatoms. The Labute approximate surface area is 169 Å². The molecule has 0 bridgehead atoms. The molecule has 0 radical (unpaired) electrons. The second-order valence-corrected chi connectivity index (χ2v) is 6.65. The number of rotatable bonds is 6. The van der Waals surface area contributed by atoms with Crippen molar-refractivity contribution in [2.75, 3.05) is 11.9 Å². The third-order valence-electron chi connectivity index (χ3n) is 4.43. The fourth-order valence-corrected chi connectivity index (χ4v) is 2.85. The van der Waals surface area contributed by atoms with Crippen LogP contribution in [0.2, 0.25) is 0 Å². The molecule has 0 fully saturated rings. The molecule has 0 saturated carbocycles. The lowest BCUT2D eigenvalue weighted by atomic mass is 10.0. The van der Waals surface area contributed by atoms with Gasteiger partial charge in [-0.3, -0.25) is 9.59 Å². The predicted molar refractivity (Wildman–Crippen MR) is 112 cm³/mol. The number of Topliss-reactive ketones (excluding diaryl/α,β-unsaturated/α-hetero) is 1. The van der Waals surface area contributed by atoms with E-state index in [9.17, 15) is 14.4 Å². The van der Waals surface area contributed by atoms with Crippen LogP contribution in [0, 0.1) is 6.92 Å². The normalized spacial score (nSPS) is 10.3. The molecule has 0 heterocycles. The minimum atomic E-state index is -0.620. The van der Waals surface area contributed by atoms with Crippen molar-refractivity contribution in [1.82, 2.24) is 0 Å². The van der Waals surface area contributed by atoms with E-state index in [4.69, 9.17) is 4.74 Å². The van der Waals surface area contributed by atoms with Crippen molar-refractivity contribution < 1.29 is 19.1 Å². The average Bonchev–Trinajstić information content (AvgIpc) is 2.73. The Bertz CT molecular complexity index is 1040. The van der Waals surface area contributed by atoms with Crippen molar-refractivity contribution in [3.8, 4) is 11.1 Å². The molecular formula is C24H21NO4. The van der Waals surface area contributed by atoms with Crippen molar-refractivity contribution in [2.45, 2.75) is 13.8 Å². The first-order valence-electron chi connectivity index (χ1n) is 9.18. The molecule has 146 valence electrons. The molecular weight excluding hydrogens is 366 g/mol. The molecule has 0 saturated heterocycles. The number of anilines is 1. The molecule has 3 rings (SSSR count). The van der Waals surface area contributed by atoms with Gasteiger partial charge in [-0.05, 0) is 35.7 Å². The fourth-order valence-electron chi connectivity index (χ4n) is 2.85. The number of carbonyl (C=O) groups excluding carboxylic acids is 3. The standard InChI is InChI=1S/C24H21NO4/c1-16-8-9-21(14-22(16)25-17(2)26)24(28)29-15-23(27)20-12-10-19(11-13-20)18-6-4-3-5-7-18/h3-14H,15H2,1-2H3,(H,25,26). The lowest BCUT2D eigenvalue weighted by Crippen LogP contribution is -2.15. The summed E-state index contributed by atoms with van der Waals surface area (Å²) < 4.78 is 5.16. The average molecular weight is 387 g/mol. The van der Waals surface area contributed by atoms with Crippen molar-refractivity contribution in [1.29, 1.82) is 0 Å². The summed E-state index contributed by atoms with van der Waals surface area (Å²) in [6.45, 7) is 2.86. The highest BCUT2D eigenvalue weighted by atomic mass is 16.5. The maximum atomic E-state index is 12.4. The van der Waals surface area contributed by atoms with Gasteiger partial charge in [-0.1, -0.05) is 60.7 Å². The summed E-state index contributed by atoms with van der Waals surface area (Å²) in [7, 11) is 0. The van der Waals surface area contributed by atoms with Gasteiger partial charge in [0.05, 0.1) is 5.56 Å². The molecule has 0 aliphatic heterocycles. The molecule has 3 aromatic carbocycles. The summed E-state index contributed by atoms with van der Waals surface area (Å²) >= 11 is 0. The smallest absolute Gasteiger partial charge is 0.338 e. The van der Waals surface area contributed by atoms with Crippen LogP contribution >= 0.6 is 0 Å². The number of aryl methyl sites for hydroxylation is 1. The molecule has 0 atom stereocenters. The fraction of sp³-hybridized carbons (Fsp3) is 0.125. The zero-order valence-electron chi connectivity index (χ0n) is 16.3. The Morgan fingerprint density at radius 3 is 2.10 bits per heavy atom. The van der Waals surface area contributed by atoms with Crippen LogP contribution in [0.5, 0.6) is 0 Å². The van der Waals surface area contributed by atoms with Crippen molar-refractivity contribution >= 4 is 23.3 Å². The van der Waals surface area contributed by atoms with Crippen LogP contribution in [0.3, 0.4) is 0 Å². The number of ether oxygens (including phenoxy) is 1. The second-order valence-electron chi connectivity index (χ2n) is 6.65. The molecule has 0 aromatic heterocycles. The first-order valence-corrected chi connectivity index (χ1v) is 9.18. The van der Waals surface area contributed by atoms with Crippen LogP contribution in [-0.2, 0) is 9.53 Å². The summed E-state index contributed by atoms with van der Waals surface area (Å²) in [5.41, 5.74) is 4.17. The van der Waals surface area contributed by atoms with E-state index in [-0.39, 0.29) is 23.9 Å². The Hall–Kier alpha value is -3.73. The number of ketones is 1. The SMILES string of the molecule is CC(=O)Nc1cc(C(=O)OCC(=O)c2ccc(-c3ccccc3)cc2)ccc1C. The second kappa shape index (κ2) is 8.97. The van der Waals surface area contributed by atoms with E-state index >= 15 is 0 Å². The van der Waals surface area contributed by atoms with Gasteiger partial charge in [-0.15, -0.1) is 0 Å². The summed E-state index contributed by atoms with van der Waals surface area (Å²) in [6.07, 6.45) is 0. The van der Waals surface area contributed by atoms with E-state index in [0.29, 0.717) is 11.3 Å². The third-order valence-corrected chi connectivity index (χ3v) is 4.43. The number of benzene rings is 3. The Morgan fingerprint density at radius 2 is 1.45 bits per heavy atom. The predicted octanol–water partition coefficient (Wildman–Crippen LogP) is 4.66. The number of amides is 1. The molecule has 0 aliphatic carbocycles. The van der Waals surface area contributed by atoms with Crippen molar-refractivity contribution in [2.24, 2.45) is 0 Å². The number of carbonyl (C=O) groups is 3. The number of hydrogen-bond acceptors (Lipinski definition) is 4. The van der Waals surface area contributed by atoms with Gasteiger partial charge >= 0.3 is 5.97 Å². The summed E-state index contributed by atoms with van der Waals surface area (Å²) in [5.74, 6) is -1.13. The monoisotopic (exact) mass is 387 g/mol. The number of nitrogens with one attached hydrogen (secondary N) is 1. The van der Waals surface area contributed by atoms with Gasteiger partial charge in [0.2, 0.25) is 5.91 Å². The highest BCUT2D eigenvalue weighted by Gasteiger charge is 2.14. The van der Waals surface area contributed by atoms with Crippen LogP contribution < -0.4 is 5.32 Å². The minimum absolute atomic E-state index is 0.229. The maximum absolute atomic E-state index is 12.4. The largest absolute Gasteiger partial charge is 0.454 e. The third kappa shape index (κ3) is 5.17. The Balaban J connectivity index is 1.63. The van der Waals surface area contributed by atoms with Gasteiger partial charge in [0, 0.05) is 18.2 Å². The first kappa shape index (κ1) is 20.0. The van der Waals surface area contributed by atoms with Gasteiger partial charge in [-0.25, -0.2) is 4.79 Å². The highest BCUT2D eigenvalue weighted by Crippen LogP contribution is 2.20. The van der Waals surface area contributed by atoms with Crippen LogP contribution in [0.1, 0.15) is 33.2 Å². The van der Waals surface area contributed by atoms with Gasteiger partial charge in [-0.2, -0.15) is 0 Å². The van der Waals surface area contributed by atoms with Gasteiger partial charge in [0.25, 0.3) is 0 Å². The van der Waals surface area contributed by atoms with Crippen molar-refractivity contribution in [3.63, 3.8) is 0 Å². The van der Waals surface area contributed by atoms with E-state index in [1.54, 1.807) is 24.3 Å². The van der Waals surface area contributed by atoms with Crippen molar-refractivity contribution in [3.05, 3.63) is 89.5 Å². The van der Waals surface area contributed by atoms with E-state index in [1.807, 2.05) is 49.4 Å². The van der Waals surface area contributed by atoms with E-state index in [0.717, 1.165) is 16.7 Å². The molecule has 0 spiro atoms. The number of hydrogen-bond donors (Lipinski definition) is 1. The van der Waals surface area contributed by atoms with Gasteiger partial charge < -0.3 is 10.1 Å². The quantitative estimate of drug-likeness (QED) is 0.493. The lowest BCUT2D eigenvalue weighted by molar-refractivity contribution is -0.114. The summed E-state index contributed by atoms with van der Waals surface area (Å²) in [6, 6.07) is 21.9. The van der Waals surface area contributed by atoms with Crippen LogP contribution in [0.4, 0.5) is 5.69 Å². The highest BCUT2D eigenvalue weighted by molar-refractivity contribution is 6.00. The molecule has 3 aromatic rings. The van der Waals surface area contributed by atoms with E-state index in [2.05, 4.69) is 5.32 Å². The van der Waals surface area contributed by atoms with Gasteiger partial charge in [0.1, 0.15) is 0 Å². The topological polar surface area (TPSA) is 72.5 Å². The first-order chi connectivity index (χ1) is 13.9.